The minimum atomic E-state index is -2.43. The van der Waals surface area contributed by atoms with Crippen LogP contribution >= 0.6 is 0 Å². The number of rotatable bonds is 7. The van der Waals surface area contributed by atoms with Crippen molar-refractivity contribution < 1.29 is 57.9 Å². The minimum Gasteiger partial charge on any atom is -0.460 e. The molecule has 0 radical (unpaired) electrons. The largest absolute Gasteiger partial charge is 0.460 e. The number of ether oxygens (including phenoxy) is 5. The first-order valence-corrected chi connectivity index (χ1v) is 25.0. The topological polar surface area (TPSA) is 219 Å². The van der Waals surface area contributed by atoms with Crippen LogP contribution in [-0.2, 0) is 47.7 Å². The lowest BCUT2D eigenvalue weighted by Crippen LogP contribution is -2.61. The summed E-state index contributed by atoms with van der Waals surface area (Å²) in [7, 11) is 4.62. The van der Waals surface area contributed by atoms with Gasteiger partial charge >= 0.3 is 5.97 Å². The highest BCUT2D eigenvalue weighted by atomic mass is 16.6. The van der Waals surface area contributed by atoms with Gasteiger partial charge in [-0.25, -0.2) is 9.48 Å². The molecule has 5 rings (SSSR count). The van der Waals surface area contributed by atoms with Gasteiger partial charge < -0.3 is 38.8 Å². The smallest absolute Gasteiger partial charge is 0.329 e. The maximum atomic E-state index is 14.5. The molecule has 17 nitrogen and oxygen atoms in total. The first kappa shape index (κ1) is 55.7. The van der Waals surface area contributed by atoms with Gasteiger partial charge in [-0.1, -0.05) is 71.1 Å². The molecule has 0 unspecified atom stereocenters. The Bertz CT molecular complexity index is 2020. The van der Waals surface area contributed by atoms with Gasteiger partial charge in [0.2, 0.25) is 5.79 Å². The Labute approximate surface area is 408 Å². The summed E-state index contributed by atoms with van der Waals surface area (Å²) in [6.45, 7) is 12.8. The molecule has 2 saturated heterocycles. The SMILES string of the molecule is CO[C@H]1C[C@@H]2CC[C@@H](C)[C@@](O)(O2)C(=O)C(=O)N2CCCC[C@H]2C(=O)O[C@@H]([C@@H](C)C[C@H]2CC[C@H](n3cnnn3)[C@@H](OC)C2)CC(=O)[C@H](C)/C=C(\C)[C@H](O)[C@H](OC)C(=O)[C@@H](C)C[C@@H](C)\C=C/C=C/C=C/1C. The highest BCUT2D eigenvalue weighted by molar-refractivity contribution is 6.39. The monoisotopic (exact) mass is 966 g/mol. The minimum absolute atomic E-state index is 0.0170. The number of Topliss-reactive ketones (excluding diaryl/α,β-unsaturated/α-hetero) is 3. The average molecular weight is 966 g/mol. The lowest BCUT2D eigenvalue weighted by molar-refractivity contribution is -0.265. The van der Waals surface area contributed by atoms with Crippen molar-refractivity contribution in [2.45, 2.75) is 180 Å². The van der Waals surface area contributed by atoms with Gasteiger partial charge in [-0.05, 0) is 117 Å². The number of hydrogen-bond acceptors (Lipinski definition) is 15. The number of ketones is 3. The van der Waals surface area contributed by atoms with E-state index in [1.807, 2.05) is 58.1 Å². The molecule has 1 saturated carbocycles. The van der Waals surface area contributed by atoms with Gasteiger partial charge in [0.05, 0.1) is 24.4 Å². The van der Waals surface area contributed by atoms with Crippen molar-refractivity contribution in [1.29, 1.82) is 0 Å². The Kier molecular flexibility index (Phi) is 20.8. The fourth-order valence-electron chi connectivity index (χ4n) is 10.7. The number of methoxy groups -OCH3 is 3. The molecule has 0 aromatic carbocycles. The molecular formula is C52H79N5O12. The number of nitrogens with zero attached hydrogens (tertiary/aromatic N) is 5. The van der Waals surface area contributed by atoms with Crippen LogP contribution in [0, 0.1) is 35.5 Å². The molecule has 2 bridgehead atoms. The zero-order chi connectivity index (χ0) is 50.6. The number of carbonyl (C=O) groups is 5. The first-order chi connectivity index (χ1) is 32.8. The second-order valence-corrected chi connectivity index (χ2v) is 20.4. The number of aliphatic hydroxyl groups excluding tert-OH is 1. The molecule has 17 heteroatoms. The lowest BCUT2D eigenvalue weighted by atomic mass is 9.77. The van der Waals surface area contributed by atoms with E-state index < -0.39 is 77.8 Å². The third-order valence-corrected chi connectivity index (χ3v) is 15.2. The van der Waals surface area contributed by atoms with E-state index in [2.05, 4.69) is 15.5 Å². The summed E-state index contributed by atoms with van der Waals surface area (Å²) in [6, 6.07) is -1.19. The van der Waals surface area contributed by atoms with Gasteiger partial charge in [0.15, 0.2) is 5.78 Å². The summed E-state index contributed by atoms with van der Waals surface area (Å²) >= 11 is 0. The van der Waals surface area contributed by atoms with E-state index in [0.717, 1.165) is 18.4 Å². The number of esters is 1. The molecule has 69 heavy (non-hydrogen) atoms. The van der Waals surface area contributed by atoms with Crippen LogP contribution in [0.4, 0.5) is 0 Å². The highest BCUT2D eigenvalue weighted by Gasteiger charge is 2.53. The molecule has 1 aliphatic carbocycles. The molecule has 1 aromatic heterocycles. The normalized spacial score (nSPS) is 38.8. The van der Waals surface area contributed by atoms with Gasteiger partial charge in [-0.2, -0.15) is 0 Å². The van der Waals surface area contributed by atoms with Crippen molar-refractivity contribution in [1.82, 2.24) is 25.1 Å². The predicted octanol–water partition coefficient (Wildman–Crippen LogP) is 6.05. The summed E-state index contributed by atoms with van der Waals surface area (Å²) in [6.07, 6.45) is 13.9. The Morgan fingerprint density at radius 3 is 2.32 bits per heavy atom. The Balaban J connectivity index is 1.46. The van der Waals surface area contributed by atoms with Gasteiger partial charge in [0, 0.05) is 58.5 Å². The summed E-state index contributed by atoms with van der Waals surface area (Å²) in [5.41, 5.74) is 1.27. The van der Waals surface area contributed by atoms with Gasteiger partial charge in [0.25, 0.3) is 11.7 Å². The number of piperidine rings is 1. The zero-order valence-corrected chi connectivity index (χ0v) is 42.5. The number of aromatic nitrogens is 4. The Morgan fingerprint density at radius 2 is 1.64 bits per heavy atom. The van der Waals surface area contributed by atoms with Crippen LogP contribution in [0.3, 0.4) is 0 Å². The fraction of sp³-hybridized carbons (Fsp3) is 0.731. The summed E-state index contributed by atoms with van der Waals surface area (Å²) in [4.78, 5) is 72.3. The number of tetrazole rings is 1. The maximum absolute atomic E-state index is 14.5. The van der Waals surface area contributed by atoms with E-state index in [-0.39, 0.29) is 60.9 Å². The van der Waals surface area contributed by atoms with E-state index in [0.29, 0.717) is 56.9 Å². The van der Waals surface area contributed by atoms with Gasteiger partial charge in [-0.3, -0.25) is 19.2 Å². The molecule has 2 N–H and O–H groups in total. The maximum Gasteiger partial charge on any atom is 0.329 e. The van der Waals surface area contributed by atoms with E-state index >= 15 is 0 Å². The van der Waals surface area contributed by atoms with Crippen LogP contribution in [0.5, 0.6) is 0 Å². The summed E-state index contributed by atoms with van der Waals surface area (Å²) in [5.74, 6) is -7.92. The Morgan fingerprint density at radius 1 is 0.884 bits per heavy atom. The fourth-order valence-corrected chi connectivity index (χ4v) is 10.7. The predicted molar refractivity (Wildman–Crippen MR) is 256 cm³/mol. The highest BCUT2D eigenvalue weighted by Crippen LogP contribution is 2.39. The van der Waals surface area contributed by atoms with Crippen molar-refractivity contribution >= 4 is 29.2 Å². The molecule has 4 heterocycles. The summed E-state index contributed by atoms with van der Waals surface area (Å²) < 4.78 is 31.6. The molecule has 3 fully saturated rings. The molecule has 4 aliphatic rings. The molecule has 0 spiro atoms. The van der Waals surface area contributed by atoms with Crippen molar-refractivity contribution in [2.75, 3.05) is 27.9 Å². The van der Waals surface area contributed by atoms with Crippen LogP contribution in [0.15, 0.2) is 53.9 Å². The van der Waals surface area contributed by atoms with Gasteiger partial charge in [-0.15, -0.1) is 5.10 Å². The first-order valence-electron chi connectivity index (χ1n) is 25.0. The van der Waals surface area contributed by atoms with Crippen molar-refractivity contribution in [3.05, 3.63) is 53.9 Å². The lowest BCUT2D eigenvalue weighted by Gasteiger charge is -2.42. The van der Waals surface area contributed by atoms with Crippen LogP contribution in [-0.4, -0.2) is 141 Å². The second-order valence-electron chi connectivity index (χ2n) is 20.4. The number of hydrogen-bond donors (Lipinski definition) is 2. The van der Waals surface area contributed by atoms with Crippen molar-refractivity contribution in [2.24, 2.45) is 35.5 Å². The van der Waals surface area contributed by atoms with Crippen molar-refractivity contribution in [3.8, 4) is 0 Å². The molecule has 15 atom stereocenters. The number of aliphatic hydroxyl groups is 2. The third kappa shape index (κ3) is 14.2. The Hall–Kier alpha value is -4.26. The number of allylic oxidation sites excluding steroid dienone is 6. The molecule has 1 amide bonds. The van der Waals surface area contributed by atoms with E-state index in [1.165, 1.54) is 12.0 Å². The van der Waals surface area contributed by atoms with Crippen LogP contribution < -0.4 is 0 Å². The standard InChI is InChI=1S/C52H79N5O12/c1-31-16-12-11-13-17-32(2)43(65-8)28-39-21-19-37(7)52(64,69-39)49(61)50(62)56-23-15-14-18-41(56)51(63)68-44(34(4)26-38-20-22-40(45(27-38)66-9)57-30-53-54-55-57)29-42(58)33(3)25-36(6)47(60)48(67-10)46(59)35(5)24-31/h11-13,16-17,25,30-31,33-35,37-41,43-45,47-48,60,64H,14-15,18-24,26-29H2,1-10H3/b13-11+,16-12-,32-17+,36-25+/t31-,33+,34-,35-,37+,38+,39-,40-,41-,43-,44+,45-,47-,48+,52+/m0/s1. The van der Waals surface area contributed by atoms with Crippen LogP contribution in [0.2, 0.25) is 0 Å². The molecule has 384 valence electrons. The molecular weight excluding hydrogens is 887 g/mol. The second kappa shape index (κ2) is 25.7. The summed E-state index contributed by atoms with van der Waals surface area (Å²) in [5, 5.41) is 35.2. The molecule has 3 aliphatic heterocycles. The zero-order valence-electron chi connectivity index (χ0n) is 42.5. The number of amides is 1. The van der Waals surface area contributed by atoms with E-state index in [4.69, 9.17) is 23.7 Å². The average Bonchev–Trinajstić information content (AvgIpc) is 3.88. The van der Waals surface area contributed by atoms with E-state index in [1.54, 1.807) is 52.1 Å². The molecule has 1 aromatic rings. The van der Waals surface area contributed by atoms with E-state index in [9.17, 15) is 34.2 Å². The number of cyclic esters (lactones) is 1. The van der Waals surface area contributed by atoms with Crippen molar-refractivity contribution in [3.63, 3.8) is 0 Å². The van der Waals surface area contributed by atoms with Gasteiger partial charge in [0.1, 0.15) is 36.5 Å². The quantitative estimate of drug-likeness (QED) is 0.181. The number of carbonyl (C=O) groups excluding carboxylic acids is 5. The third-order valence-electron chi connectivity index (χ3n) is 15.2. The van der Waals surface area contributed by atoms with Crippen LogP contribution in [0.25, 0.3) is 0 Å². The number of fused-ring (bicyclic) bond motifs is 3. The van der Waals surface area contributed by atoms with Crippen LogP contribution in [0.1, 0.15) is 132 Å².